The standard InChI is InChI=1S/C20H20ClNO3/c1-11(2)13-5-4-6-14-15(10-18(23)24)20(22-19(13)14)16-9-12(21)7-8-17(16)25-3/h4-9,11,22H,10H2,1-3H3,(H,23,24). The van der Waals surface area contributed by atoms with E-state index >= 15 is 0 Å². The molecule has 0 amide bonds. The second-order valence-electron chi connectivity index (χ2n) is 6.32. The van der Waals surface area contributed by atoms with E-state index < -0.39 is 5.97 Å². The monoisotopic (exact) mass is 357 g/mol. The summed E-state index contributed by atoms with van der Waals surface area (Å²) in [5, 5.41) is 10.9. The first-order chi connectivity index (χ1) is 11.9. The first kappa shape index (κ1) is 17.4. The molecule has 5 heteroatoms. The Bertz CT molecular complexity index is 944. The number of rotatable bonds is 5. The van der Waals surface area contributed by atoms with E-state index in [0.29, 0.717) is 16.7 Å². The second-order valence-corrected chi connectivity index (χ2v) is 6.75. The van der Waals surface area contributed by atoms with E-state index in [1.807, 2.05) is 12.1 Å². The summed E-state index contributed by atoms with van der Waals surface area (Å²) in [6.45, 7) is 4.23. The van der Waals surface area contributed by atoms with E-state index in [-0.39, 0.29) is 6.42 Å². The van der Waals surface area contributed by atoms with Crippen LogP contribution in [0.1, 0.15) is 30.9 Å². The number of hydrogen-bond acceptors (Lipinski definition) is 2. The molecule has 0 spiro atoms. The molecule has 3 rings (SSSR count). The lowest BCUT2D eigenvalue weighted by Crippen LogP contribution is -2.01. The SMILES string of the molecule is COc1ccc(Cl)cc1-c1[nH]c2c(C(C)C)cccc2c1CC(=O)O. The fourth-order valence-electron chi connectivity index (χ4n) is 3.22. The maximum absolute atomic E-state index is 11.5. The van der Waals surface area contributed by atoms with Gasteiger partial charge >= 0.3 is 5.97 Å². The first-order valence-electron chi connectivity index (χ1n) is 8.11. The van der Waals surface area contributed by atoms with E-state index in [4.69, 9.17) is 16.3 Å². The van der Waals surface area contributed by atoms with Crippen molar-refractivity contribution in [2.45, 2.75) is 26.2 Å². The van der Waals surface area contributed by atoms with Crippen LogP contribution in [0.15, 0.2) is 36.4 Å². The second kappa shape index (κ2) is 6.81. The van der Waals surface area contributed by atoms with Crippen molar-refractivity contribution in [3.63, 3.8) is 0 Å². The molecule has 4 nitrogen and oxygen atoms in total. The van der Waals surface area contributed by atoms with Crippen molar-refractivity contribution in [1.29, 1.82) is 0 Å². The smallest absolute Gasteiger partial charge is 0.307 e. The molecule has 25 heavy (non-hydrogen) atoms. The Balaban J connectivity index is 2.36. The summed E-state index contributed by atoms with van der Waals surface area (Å²) in [5.74, 6) is 0.0842. The molecule has 3 aromatic rings. The third kappa shape index (κ3) is 3.22. The zero-order valence-electron chi connectivity index (χ0n) is 14.4. The third-order valence-electron chi connectivity index (χ3n) is 4.35. The largest absolute Gasteiger partial charge is 0.496 e. The fraction of sp³-hybridized carbons (Fsp3) is 0.250. The Morgan fingerprint density at radius 1 is 1.28 bits per heavy atom. The summed E-state index contributed by atoms with van der Waals surface area (Å²) >= 11 is 6.18. The number of aromatic amines is 1. The van der Waals surface area contributed by atoms with Crippen LogP contribution in [0.5, 0.6) is 5.75 Å². The Hall–Kier alpha value is -2.46. The van der Waals surface area contributed by atoms with Crippen LogP contribution in [0.4, 0.5) is 0 Å². The van der Waals surface area contributed by atoms with E-state index in [2.05, 4.69) is 24.9 Å². The number of hydrogen-bond donors (Lipinski definition) is 2. The van der Waals surface area contributed by atoms with Crippen LogP contribution in [-0.2, 0) is 11.2 Å². The number of aromatic nitrogens is 1. The van der Waals surface area contributed by atoms with Crippen molar-refractivity contribution in [2.75, 3.05) is 7.11 Å². The molecule has 0 atom stereocenters. The van der Waals surface area contributed by atoms with Gasteiger partial charge in [-0.2, -0.15) is 0 Å². The number of aliphatic carboxylic acids is 1. The summed E-state index contributed by atoms with van der Waals surface area (Å²) < 4.78 is 5.46. The number of nitrogens with one attached hydrogen (secondary N) is 1. The van der Waals surface area contributed by atoms with Gasteiger partial charge in [0.25, 0.3) is 0 Å². The highest BCUT2D eigenvalue weighted by Gasteiger charge is 2.20. The molecular formula is C20H20ClNO3. The zero-order chi connectivity index (χ0) is 18.1. The zero-order valence-corrected chi connectivity index (χ0v) is 15.1. The molecular weight excluding hydrogens is 338 g/mol. The summed E-state index contributed by atoms with van der Waals surface area (Å²) in [6.07, 6.45) is -0.0768. The highest BCUT2D eigenvalue weighted by molar-refractivity contribution is 6.31. The van der Waals surface area contributed by atoms with Gasteiger partial charge in [0.15, 0.2) is 0 Å². The number of carboxylic acids is 1. The number of benzene rings is 2. The van der Waals surface area contributed by atoms with Crippen molar-refractivity contribution in [2.24, 2.45) is 0 Å². The van der Waals surface area contributed by atoms with E-state index in [1.54, 1.807) is 25.3 Å². The molecule has 0 radical (unpaired) electrons. The van der Waals surface area contributed by atoms with Gasteiger partial charge in [0.2, 0.25) is 0 Å². The number of para-hydroxylation sites is 1. The maximum Gasteiger partial charge on any atom is 0.307 e. The molecule has 0 aliphatic carbocycles. The van der Waals surface area contributed by atoms with Crippen LogP contribution in [-0.4, -0.2) is 23.2 Å². The number of H-pyrrole nitrogens is 1. The molecule has 0 fully saturated rings. The van der Waals surface area contributed by atoms with Gasteiger partial charge in [-0.05, 0) is 35.2 Å². The average Bonchev–Trinajstić information content (AvgIpc) is 2.92. The summed E-state index contributed by atoms with van der Waals surface area (Å²) in [5.41, 5.74) is 4.36. The van der Waals surface area contributed by atoms with Crippen molar-refractivity contribution >= 4 is 28.5 Å². The highest BCUT2D eigenvalue weighted by Crippen LogP contribution is 2.39. The number of carbonyl (C=O) groups is 1. The number of ether oxygens (including phenoxy) is 1. The van der Waals surface area contributed by atoms with E-state index in [0.717, 1.165) is 33.3 Å². The molecule has 0 saturated carbocycles. The number of halogens is 1. The van der Waals surface area contributed by atoms with Crippen molar-refractivity contribution in [1.82, 2.24) is 4.98 Å². The fourth-order valence-corrected chi connectivity index (χ4v) is 3.39. The van der Waals surface area contributed by atoms with Crippen LogP contribution in [0.3, 0.4) is 0 Å². The normalized spacial score (nSPS) is 11.2. The van der Waals surface area contributed by atoms with Crippen LogP contribution >= 0.6 is 11.6 Å². The Labute approximate surface area is 151 Å². The molecule has 0 aliphatic rings. The Kier molecular flexibility index (Phi) is 4.73. The minimum absolute atomic E-state index is 0.0768. The van der Waals surface area contributed by atoms with Crippen LogP contribution in [0, 0.1) is 0 Å². The first-order valence-corrected chi connectivity index (χ1v) is 8.49. The third-order valence-corrected chi connectivity index (χ3v) is 4.59. The van der Waals surface area contributed by atoms with Gasteiger partial charge in [0.1, 0.15) is 5.75 Å². The minimum atomic E-state index is -0.877. The molecule has 0 saturated heterocycles. The predicted octanol–water partition coefficient (Wildman–Crippen LogP) is 5.25. The lowest BCUT2D eigenvalue weighted by atomic mass is 9.97. The lowest BCUT2D eigenvalue weighted by molar-refractivity contribution is -0.136. The summed E-state index contributed by atoms with van der Waals surface area (Å²) in [6, 6.07) is 11.3. The average molecular weight is 358 g/mol. The Morgan fingerprint density at radius 2 is 2.04 bits per heavy atom. The van der Waals surface area contributed by atoms with Gasteiger partial charge < -0.3 is 14.8 Å². The lowest BCUT2D eigenvalue weighted by Gasteiger charge is -2.09. The van der Waals surface area contributed by atoms with Gasteiger partial charge in [-0.3, -0.25) is 4.79 Å². The van der Waals surface area contributed by atoms with Crippen LogP contribution in [0.25, 0.3) is 22.2 Å². The predicted molar refractivity (Wildman–Crippen MR) is 101 cm³/mol. The van der Waals surface area contributed by atoms with Gasteiger partial charge in [-0.1, -0.05) is 43.6 Å². The maximum atomic E-state index is 11.5. The van der Waals surface area contributed by atoms with Crippen LogP contribution in [0.2, 0.25) is 5.02 Å². The van der Waals surface area contributed by atoms with Crippen LogP contribution < -0.4 is 4.74 Å². The summed E-state index contributed by atoms with van der Waals surface area (Å²) in [7, 11) is 1.59. The number of methoxy groups -OCH3 is 1. The van der Waals surface area contributed by atoms with E-state index in [9.17, 15) is 9.90 Å². The quantitative estimate of drug-likeness (QED) is 0.655. The Morgan fingerprint density at radius 3 is 2.68 bits per heavy atom. The van der Waals surface area contributed by atoms with Gasteiger partial charge in [-0.15, -0.1) is 0 Å². The molecule has 1 aromatic heterocycles. The van der Waals surface area contributed by atoms with Gasteiger partial charge in [0.05, 0.1) is 19.2 Å². The topological polar surface area (TPSA) is 62.3 Å². The molecule has 2 aromatic carbocycles. The number of fused-ring (bicyclic) bond motifs is 1. The number of carboxylic acid groups (broad SMARTS) is 1. The molecule has 2 N–H and O–H groups in total. The highest BCUT2D eigenvalue weighted by atomic mass is 35.5. The molecule has 0 unspecified atom stereocenters. The van der Waals surface area contributed by atoms with Crippen molar-refractivity contribution in [3.8, 4) is 17.0 Å². The van der Waals surface area contributed by atoms with Gasteiger partial charge in [-0.25, -0.2) is 0 Å². The van der Waals surface area contributed by atoms with Crippen molar-refractivity contribution in [3.05, 3.63) is 52.5 Å². The van der Waals surface area contributed by atoms with Gasteiger partial charge in [0, 0.05) is 21.5 Å². The molecule has 130 valence electrons. The summed E-state index contributed by atoms with van der Waals surface area (Å²) in [4.78, 5) is 14.9. The minimum Gasteiger partial charge on any atom is -0.496 e. The molecule has 0 aliphatic heterocycles. The van der Waals surface area contributed by atoms with Crippen molar-refractivity contribution < 1.29 is 14.6 Å². The molecule has 0 bridgehead atoms. The molecule has 1 heterocycles. The van der Waals surface area contributed by atoms with E-state index in [1.165, 1.54) is 0 Å².